The Hall–Kier alpha value is -0.790. The quantitative estimate of drug-likeness (QED) is 0.598. The summed E-state index contributed by atoms with van der Waals surface area (Å²) in [6, 6.07) is 0. The zero-order chi connectivity index (χ0) is 11.0. The molecule has 0 aromatic heterocycles. The van der Waals surface area contributed by atoms with Crippen LogP contribution in [0, 0.1) is 0 Å². The van der Waals surface area contributed by atoms with E-state index < -0.39 is 0 Å². The SMILES string of the molecule is CC/C=C(\C)N(CCCCC)C(C)=O. The molecule has 14 heavy (non-hydrogen) atoms. The van der Waals surface area contributed by atoms with E-state index in [1.807, 2.05) is 11.8 Å². The molecule has 0 aliphatic carbocycles. The molecule has 0 rings (SSSR count). The van der Waals surface area contributed by atoms with Gasteiger partial charge in [-0.1, -0.05) is 32.8 Å². The highest BCUT2D eigenvalue weighted by Gasteiger charge is 2.08. The van der Waals surface area contributed by atoms with Crippen molar-refractivity contribution < 1.29 is 4.79 Å². The van der Waals surface area contributed by atoms with Gasteiger partial charge in [0, 0.05) is 19.2 Å². The summed E-state index contributed by atoms with van der Waals surface area (Å²) in [5.74, 6) is 0.156. The summed E-state index contributed by atoms with van der Waals surface area (Å²) < 4.78 is 0. The van der Waals surface area contributed by atoms with Gasteiger partial charge in [0.2, 0.25) is 5.91 Å². The number of hydrogen-bond acceptors (Lipinski definition) is 1. The summed E-state index contributed by atoms with van der Waals surface area (Å²) in [6.07, 6.45) is 6.59. The maximum absolute atomic E-state index is 11.3. The van der Waals surface area contributed by atoms with E-state index in [4.69, 9.17) is 0 Å². The molecule has 0 aromatic rings. The Morgan fingerprint density at radius 1 is 1.21 bits per heavy atom. The number of carbonyl (C=O) groups excluding carboxylic acids is 1. The van der Waals surface area contributed by atoms with Gasteiger partial charge in [-0.3, -0.25) is 4.79 Å². The molecule has 0 saturated heterocycles. The second-order valence-electron chi connectivity index (χ2n) is 3.63. The molecule has 1 amide bonds. The van der Waals surface area contributed by atoms with Crippen LogP contribution in [-0.4, -0.2) is 17.4 Å². The number of amides is 1. The summed E-state index contributed by atoms with van der Waals surface area (Å²) in [4.78, 5) is 13.2. The highest BCUT2D eigenvalue weighted by atomic mass is 16.2. The molecule has 0 bridgehead atoms. The summed E-state index contributed by atoms with van der Waals surface area (Å²) in [6.45, 7) is 8.78. The lowest BCUT2D eigenvalue weighted by Crippen LogP contribution is -2.27. The Bertz CT molecular complexity index is 196. The van der Waals surface area contributed by atoms with Crippen molar-refractivity contribution in [2.75, 3.05) is 6.54 Å². The van der Waals surface area contributed by atoms with Crippen LogP contribution < -0.4 is 0 Å². The van der Waals surface area contributed by atoms with Crippen LogP contribution >= 0.6 is 0 Å². The molecule has 0 aliphatic heterocycles. The average molecular weight is 197 g/mol. The van der Waals surface area contributed by atoms with E-state index >= 15 is 0 Å². The summed E-state index contributed by atoms with van der Waals surface area (Å²) in [7, 11) is 0. The first-order valence-corrected chi connectivity index (χ1v) is 5.58. The molecule has 0 aliphatic rings. The molecule has 0 unspecified atom stereocenters. The van der Waals surface area contributed by atoms with Crippen molar-refractivity contribution >= 4 is 5.91 Å². The summed E-state index contributed by atoms with van der Waals surface area (Å²) in [5, 5.41) is 0. The van der Waals surface area contributed by atoms with Gasteiger partial charge < -0.3 is 4.90 Å². The van der Waals surface area contributed by atoms with Crippen LogP contribution in [-0.2, 0) is 4.79 Å². The number of hydrogen-bond donors (Lipinski definition) is 0. The van der Waals surface area contributed by atoms with E-state index in [1.54, 1.807) is 6.92 Å². The smallest absolute Gasteiger partial charge is 0.223 e. The van der Waals surface area contributed by atoms with Crippen molar-refractivity contribution in [3.63, 3.8) is 0 Å². The third-order valence-corrected chi connectivity index (χ3v) is 2.29. The van der Waals surface area contributed by atoms with Crippen molar-refractivity contribution in [1.29, 1.82) is 0 Å². The molecule has 0 N–H and O–H groups in total. The molecule has 0 radical (unpaired) electrons. The molecule has 82 valence electrons. The maximum atomic E-state index is 11.3. The Morgan fingerprint density at radius 3 is 2.29 bits per heavy atom. The number of carbonyl (C=O) groups is 1. The first-order chi connectivity index (χ1) is 6.63. The van der Waals surface area contributed by atoms with Gasteiger partial charge in [-0.15, -0.1) is 0 Å². The summed E-state index contributed by atoms with van der Waals surface area (Å²) in [5.41, 5.74) is 1.09. The van der Waals surface area contributed by atoms with Gasteiger partial charge in [0.05, 0.1) is 0 Å². The van der Waals surface area contributed by atoms with Crippen LogP contribution in [0.1, 0.15) is 53.4 Å². The Morgan fingerprint density at radius 2 is 1.86 bits per heavy atom. The molecular weight excluding hydrogens is 174 g/mol. The van der Waals surface area contributed by atoms with E-state index in [0.29, 0.717) is 0 Å². The van der Waals surface area contributed by atoms with Crippen LogP contribution in [0.5, 0.6) is 0 Å². The van der Waals surface area contributed by atoms with Crippen molar-refractivity contribution in [3.8, 4) is 0 Å². The zero-order valence-corrected chi connectivity index (χ0v) is 9.97. The molecule has 2 heteroatoms. The fraction of sp³-hybridized carbons (Fsp3) is 0.750. The van der Waals surface area contributed by atoms with Gasteiger partial charge in [0.25, 0.3) is 0 Å². The molecule has 0 heterocycles. The number of allylic oxidation sites excluding steroid dienone is 2. The normalized spacial score (nSPS) is 11.6. The fourth-order valence-electron chi connectivity index (χ4n) is 1.51. The first kappa shape index (κ1) is 13.2. The lowest BCUT2D eigenvalue weighted by Gasteiger charge is -2.21. The highest BCUT2D eigenvalue weighted by molar-refractivity contribution is 5.75. The van der Waals surface area contributed by atoms with Crippen molar-refractivity contribution in [1.82, 2.24) is 4.90 Å². The minimum atomic E-state index is 0.156. The van der Waals surface area contributed by atoms with Gasteiger partial charge in [-0.2, -0.15) is 0 Å². The Balaban J connectivity index is 4.15. The highest BCUT2D eigenvalue weighted by Crippen LogP contribution is 2.08. The van der Waals surface area contributed by atoms with Crippen molar-refractivity contribution in [3.05, 3.63) is 11.8 Å². The molecule has 0 saturated carbocycles. The monoisotopic (exact) mass is 197 g/mol. The molecule has 0 spiro atoms. The second kappa shape index (κ2) is 7.60. The topological polar surface area (TPSA) is 20.3 Å². The minimum absolute atomic E-state index is 0.156. The molecular formula is C12H23NO. The van der Waals surface area contributed by atoms with E-state index in [1.165, 1.54) is 12.8 Å². The van der Waals surface area contributed by atoms with E-state index in [-0.39, 0.29) is 5.91 Å². The predicted molar refractivity (Wildman–Crippen MR) is 61.0 cm³/mol. The Kier molecular flexibility index (Phi) is 7.17. The van der Waals surface area contributed by atoms with Crippen LogP contribution in [0.2, 0.25) is 0 Å². The van der Waals surface area contributed by atoms with Gasteiger partial charge >= 0.3 is 0 Å². The standard InChI is InChI=1S/C12H23NO/c1-5-7-8-10-13(12(4)14)11(3)9-6-2/h9H,5-8,10H2,1-4H3/b11-9+. The predicted octanol–water partition coefficient (Wildman–Crippen LogP) is 3.34. The van der Waals surface area contributed by atoms with Crippen molar-refractivity contribution in [2.45, 2.75) is 53.4 Å². The van der Waals surface area contributed by atoms with E-state index in [9.17, 15) is 4.79 Å². The average Bonchev–Trinajstić information content (AvgIpc) is 2.12. The molecule has 0 aromatic carbocycles. The van der Waals surface area contributed by atoms with Gasteiger partial charge in [-0.25, -0.2) is 0 Å². The van der Waals surface area contributed by atoms with Crippen LogP contribution in [0.3, 0.4) is 0 Å². The first-order valence-electron chi connectivity index (χ1n) is 5.58. The van der Waals surface area contributed by atoms with Crippen LogP contribution in [0.4, 0.5) is 0 Å². The Labute approximate surface area is 88.0 Å². The number of unbranched alkanes of at least 4 members (excludes halogenated alkanes) is 2. The third kappa shape index (κ3) is 5.05. The fourth-order valence-corrected chi connectivity index (χ4v) is 1.51. The number of nitrogens with zero attached hydrogens (tertiary/aromatic N) is 1. The summed E-state index contributed by atoms with van der Waals surface area (Å²) >= 11 is 0. The van der Waals surface area contributed by atoms with Gasteiger partial charge in [0.15, 0.2) is 0 Å². The largest absolute Gasteiger partial charge is 0.317 e. The lowest BCUT2D eigenvalue weighted by atomic mass is 10.2. The van der Waals surface area contributed by atoms with E-state index in [2.05, 4.69) is 19.9 Å². The maximum Gasteiger partial charge on any atom is 0.223 e. The number of rotatable bonds is 6. The lowest BCUT2D eigenvalue weighted by molar-refractivity contribution is -0.127. The van der Waals surface area contributed by atoms with Crippen LogP contribution in [0.15, 0.2) is 11.8 Å². The minimum Gasteiger partial charge on any atom is -0.317 e. The van der Waals surface area contributed by atoms with Crippen molar-refractivity contribution in [2.24, 2.45) is 0 Å². The van der Waals surface area contributed by atoms with Gasteiger partial charge in [0.1, 0.15) is 0 Å². The van der Waals surface area contributed by atoms with Crippen LogP contribution in [0.25, 0.3) is 0 Å². The van der Waals surface area contributed by atoms with E-state index in [0.717, 1.165) is 25.1 Å². The van der Waals surface area contributed by atoms with Gasteiger partial charge in [-0.05, 0) is 19.8 Å². The molecule has 2 nitrogen and oxygen atoms in total. The molecule has 0 atom stereocenters. The third-order valence-electron chi connectivity index (χ3n) is 2.29. The molecule has 0 fully saturated rings. The zero-order valence-electron chi connectivity index (χ0n) is 9.97. The second-order valence-corrected chi connectivity index (χ2v) is 3.63.